The predicted molar refractivity (Wildman–Crippen MR) is 110 cm³/mol. The minimum atomic E-state index is -3.62. The Balaban J connectivity index is 1.61. The molecule has 0 unspecified atom stereocenters. The lowest BCUT2D eigenvalue weighted by Gasteiger charge is -2.31. The molecule has 0 bridgehead atoms. The second-order valence-electron chi connectivity index (χ2n) is 6.85. The number of nitrogens with zero attached hydrogens (tertiary/aromatic N) is 2. The molecule has 7 nitrogen and oxygen atoms in total. The highest BCUT2D eigenvalue weighted by Gasteiger charge is 2.29. The van der Waals surface area contributed by atoms with E-state index in [1.54, 1.807) is 19.2 Å². The molecule has 1 fully saturated rings. The van der Waals surface area contributed by atoms with Crippen LogP contribution >= 0.6 is 0 Å². The van der Waals surface area contributed by atoms with Crippen LogP contribution in [0.4, 0.5) is 5.82 Å². The minimum Gasteiger partial charge on any atom is -0.355 e. The highest BCUT2D eigenvalue weighted by atomic mass is 32.2. The lowest BCUT2D eigenvalue weighted by atomic mass is 9.90. The lowest BCUT2D eigenvalue weighted by molar-refractivity contribution is 0.0963. The van der Waals surface area contributed by atoms with Crippen molar-refractivity contribution in [3.8, 4) is 0 Å². The van der Waals surface area contributed by atoms with Crippen LogP contribution in [0.1, 0.15) is 47.3 Å². The van der Waals surface area contributed by atoms with Crippen LogP contribution in [-0.4, -0.2) is 43.8 Å². The Bertz CT molecular complexity index is 921. The normalized spacial score (nSPS) is 15.9. The molecule has 2 aromatic rings. The molecule has 0 aliphatic carbocycles. The quantitative estimate of drug-likeness (QED) is 0.777. The van der Waals surface area contributed by atoms with Crippen LogP contribution in [-0.2, 0) is 16.6 Å². The number of carbonyl (C=O) groups excluding carboxylic acids is 1. The fourth-order valence-electron chi connectivity index (χ4n) is 3.41. The van der Waals surface area contributed by atoms with Crippen LogP contribution in [0.15, 0.2) is 42.5 Å². The fourth-order valence-corrected chi connectivity index (χ4v) is 4.61. The topological polar surface area (TPSA) is 91.4 Å². The highest BCUT2D eigenvalue weighted by molar-refractivity contribution is 7.90. The van der Waals surface area contributed by atoms with Gasteiger partial charge in [-0.25, -0.2) is 4.98 Å². The zero-order valence-electron chi connectivity index (χ0n) is 16.2. The Hall–Kier alpha value is -2.45. The monoisotopic (exact) mass is 402 g/mol. The summed E-state index contributed by atoms with van der Waals surface area (Å²) in [6.45, 7) is 2.88. The first-order valence-electron chi connectivity index (χ1n) is 9.49. The van der Waals surface area contributed by atoms with E-state index in [9.17, 15) is 13.2 Å². The second-order valence-corrected chi connectivity index (χ2v) is 8.52. The summed E-state index contributed by atoms with van der Waals surface area (Å²) in [6.07, 6.45) is 2.23. The number of anilines is 1. The maximum Gasteiger partial charge on any atom is 0.302 e. The standard InChI is InChI=1S/C20H26N4O3S/c1-3-18-5-4-6-19(22-18)23-28(26,27)24-13-11-16(12-14-24)15-7-9-17(10-8-15)20(25)21-2/h4-10,16H,3,11-14H2,1-2H3,(H,21,25)(H,22,23). The van der Waals surface area contributed by atoms with Crippen molar-refractivity contribution in [2.45, 2.75) is 32.1 Å². The SMILES string of the molecule is CCc1cccc(NS(=O)(=O)N2CCC(c3ccc(C(=O)NC)cc3)CC2)n1. The van der Waals surface area contributed by atoms with Gasteiger partial charge in [-0.2, -0.15) is 12.7 Å². The number of nitrogens with one attached hydrogen (secondary N) is 2. The van der Waals surface area contributed by atoms with E-state index < -0.39 is 10.2 Å². The summed E-state index contributed by atoms with van der Waals surface area (Å²) in [5, 5.41) is 2.61. The Morgan fingerprint density at radius 3 is 2.43 bits per heavy atom. The molecule has 0 saturated carbocycles. The van der Waals surface area contributed by atoms with Crippen LogP contribution in [0, 0.1) is 0 Å². The lowest BCUT2D eigenvalue weighted by Crippen LogP contribution is -2.41. The molecule has 1 amide bonds. The molecule has 28 heavy (non-hydrogen) atoms. The third-order valence-electron chi connectivity index (χ3n) is 5.07. The number of pyridine rings is 1. The maximum atomic E-state index is 12.7. The molecule has 2 N–H and O–H groups in total. The van der Waals surface area contributed by atoms with Gasteiger partial charge < -0.3 is 5.32 Å². The number of carbonyl (C=O) groups is 1. The molecule has 1 saturated heterocycles. The maximum absolute atomic E-state index is 12.7. The second kappa shape index (κ2) is 8.70. The Kier molecular flexibility index (Phi) is 6.31. The number of benzene rings is 1. The first kappa shape index (κ1) is 20.3. The van der Waals surface area contributed by atoms with Crippen LogP contribution in [0.5, 0.6) is 0 Å². The van der Waals surface area contributed by atoms with E-state index in [4.69, 9.17) is 0 Å². The smallest absolute Gasteiger partial charge is 0.302 e. The molecule has 1 aromatic heterocycles. The zero-order chi connectivity index (χ0) is 20.1. The Morgan fingerprint density at radius 1 is 1.14 bits per heavy atom. The molecule has 0 spiro atoms. The number of piperidine rings is 1. The van der Waals surface area contributed by atoms with Gasteiger partial charge >= 0.3 is 10.2 Å². The van der Waals surface area contributed by atoms with Crippen LogP contribution < -0.4 is 10.0 Å². The predicted octanol–water partition coefficient (Wildman–Crippen LogP) is 2.54. The number of amides is 1. The molecular weight excluding hydrogens is 376 g/mol. The number of aromatic nitrogens is 1. The summed E-state index contributed by atoms with van der Waals surface area (Å²) in [7, 11) is -2.01. The first-order valence-corrected chi connectivity index (χ1v) is 10.9. The number of aryl methyl sites for hydroxylation is 1. The van der Waals surface area contributed by atoms with Crippen LogP contribution in [0.2, 0.25) is 0 Å². The van der Waals surface area contributed by atoms with Crippen molar-refractivity contribution in [3.63, 3.8) is 0 Å². The van der Waals surface area contributed by atoms with Gasteiger partial charge in [-0.3, -0.25) is 9.52 Å². The van der Waals surface area contributed by atoms with E-state index in [1.807, 2.05) is 37.3 Å². The van der Waals surface area contributed by atoms with E-state index in [2.05, 4.69) is 15.0 Å². The van der Waals surface area contributed by atoms with Gasteiger partial charge in [-0.05, 0) is 55.0 Å². The third kappa shape index (κ3) is 4.69. The molecule has 3 rings (SSSR count). The van der Waals surface area contributed by atoms with Crippen molar-refractivity contribution in [1.29, 1.82) is 0 Å². The zero-order valence-corrected chi connectivity index (χ0v) is 17.0. The molecule has 0 radical (unpaired) electrons. The minimum absolute atomic E-state index is 0.112. The van der Waals surface area contributed by atoms with E-state index in [-0.39, 0.29) is 11.8 Å². The van der Waals surface area contributed by atoms with Crippen molar-refractivity contribution in [2.24, 2.45) is 0 Å². The molecule has 150 valence electrons. The van der Waals surface area contributed by atoms with Crippen LogP contribution in [0.25, 0.3) is 0 Å². The average molecular weight is 403 g/mol. The average Bonchev–Trinajstić information content (AvgIpc) is 2.73. The first-order chi connectivity index (χ1) is 13.4. The fraction of sp³-hybridized carbons (Fsp3) is 0.400. The van der Waals surface area contributed by atoms with Gasteiger partial charge in [0.2, 0.25) is 0 Å². The van der Waals surface area contributed by atoms with Gasteiger partial charge in [0.1, 0.15) is 5.82 Å². The summed E-state index contributed by atoms with van der Waals surface area (Å²) in [5.74, 6) is 0.525. The molecule has 1 aromatic carbocycles. The van der Waals surface area contributed by atoms with Gasteiger partial charge in [-0.15, -0.1) is 0 Å². The van der Waals surface area contributed by atoms with E-state index in [1.165, 1.54) is 4.31 Å². The summed E-state index contributed by atoms with van der Waals surface area (Å²) < 4.78 is 29.4. The van der Waals surface area contributed by atoms with E-state index in [0.29, 0.717) is 24.5 Å². The highest BCUT2D eigenvalue weighted by Crippen LogP contribution is 2.29. The molecule has 1 aliphatic heterocycles. The summed E-state index contributed by atoms with van der Waals surface area (Å²) in [5.41, 5.74) is 2.60. The molecule has 8 heteroatoms. The largest absolute Gasteiger partial charge is 0.355 e. The van der Waals surface area contributed by atoms with E-state index in [0.717, 1.165) is 30.5 Å². The van der Waals surface area contributed by atoms with Gasteiger partial charge in [0, 0.05) is 31.4 Å². The van der Waals surface area contributed by atoms with Gasteiger partial charge in [0.15, 0.2) is 0 Å². The van der Waals surface area contributed by atoms with E-state index >= 15 is 0 Å². The Labute approximate surface area is 166 Å². The number of rotatable bonds is 6. The third-order valence-corrected chi connectivity index (χ3v) is 6.58. The van der Waals surface area contributed by atoms with Crippen molar-refractivity contribution in [2.75, 3.05) is 24.9 Å². The Morgan fingerprint density at radius 2 is 1.82 bits per heavy atom. The summed E-state index contributed by atoms with van der Waals surface area (Å²) >= 11 is 0. The van der Waals surface area contributed by atoms with Crippen molar-refractivity contribution in [3.05, 3.63) is 59.3 Å². The van der Waals surface area contributed by atoms with Gasteiger partial charge in [-0.1, -0.05) is 25.1 Å². The van der Waals surface area contributed by atoms with Crippen molar-refractivity contribution >= 4 is 21.9 Å². The summed E-state index contributed by atoms with van der Waals surface area (Å²) in [4.78, 5) is 16.0. The summed E-state index contributed by atoms with van der Waals surface area (Å²) in [6, 6.07) is 12.9. The number of hydrogen-bond acceptors (Lipinski definition) is 4. The number of hydrogen-bond donors (Lipinski definition) is 2. The molecular formula is C20H26N4O3S. The van der Waals surface area contributed by atoms with Crippen molar-refractivity contribution < 1.29 is 13.2 Å². The van der Waals surface area contributed by atoms with Crippen molar-refractivity contribution in [1.82, 2.24) is 14.6 Å². The molecule has 0 atom stereocenters. The molecule has 1 aliphatic rings. The van der Waals surface area contributed by atoms with Crippen LogP contribution in [0.3, 0.4) is 0 Å². The van der Waals surface area contributed by atoms with Gasteiger partial charge in [0.25, 0.3) is 5.91 Å². The van der Waals surface area contributed by atoms with Gasteiger partial charge in [0.05, 0.1) is 0 Å². The molecule has 2 heterocycles.